The van der Waals surface area contributed by atoms with Crippen LogP contribution in [0.25, 0.3) is 0 Å². The number of nitrogens with one attached hydrogen (secondary N) is 1. The molecule has 2 atom stereocenters. The molecule has 2 aliphatic heterocycles. The van der Waals surface area contributed by atoms with Crippen LogP contribution < -0.4 is 5.32 Å². The van der Waals surface area contributed by atoms with Crippen LogP contribution >= 0.6 is 0 Å². The van der Waals surface area contributed by atoms with Gasteiger partial charge in [0.1, 0.15) is 0 Å². The van der Waals surface area contributed by atoms with Crippen molar-refractivity contribution in [3.8, 4) is 0 Å². The van der Waals surface area contributed by atoms with E-state index in [1.165, 1.54) is 83.6 Å². The van der Waals surface area contributed by atoms with Gasteiger partial charge in [0.2, 0.25) is 0 Å². The molecule has 0 saturated carbocycles. The van der Waals surface area contributed by atoms with Crippen LogP contribution in [0, 0.1) is 0 Å². The van der Waals surface area contributed by atoms with Crippen molar-refractivity contribution in [1.29, 1.82) is 0 Å². The minimum absolute atomic E-state index is 0.794. The van der Waals surface area contributed by atoms with E-state index in [4.69, 9.17) is 0 Å². The van der Waals surface area contributed by atoms with Gasteiger partial charge >= 0.3 is 0 Å². The number of hydrogen-bond donors (Lipinski definition) is 1. The first-order valence-electron chi connectivity index (χ1n) is 9.28. The van der Waals surface area contributed by atoms with Gasteiger partial charge < -0.3 is 5.32 Å². The second-order valence-corrected chi connectivity index (χ2v) is 7.05. The highest BCUT2D eigenvalue weighted by atomic mass is 15.2. The first-order valence-corrected chi connectivity index (χ1v) is 9.28. The van der Waals surface area contributed by atoms with E-state index in [2.05, 4.69) is 24.2 Å². The van der Waals surface area contributed by atoms with Crippen LogP contribution in [0.1, 0.15) is 84.0 Å². The first kappa shape index (κ1) is 16.3. The highest BCUT2D eigenvalue weighted by Gasteiger charge is 2.39. The van der Waals surface area contributed by atoms with Crippen molar-refractivity contribution in [2.75, 3.05) is 13.6 Å². The lowest BCUT2D eigenvalue weighted by Gasteiger charge is -2.39. The normalized spacial score (nSPS) is 30.0. The molecular formula is C18H36N2. The Balaban J connectivity index is 1.52. The predicted octanol–water partition coefficient (Wildman–Crippen LogP) is 4.34. The largest absolute Gasteiger partial charge is 0.317 e. The lowest BCUT2D eigenvalue weighted by Crippen LogP contribution is -2.48. The summed E-state index contributed by atoms with van der Waals surface area (Å²) >= 11 is 0. The number of piperidine rings is 1. The van der Waals surface area contributed by atoms with E-state index >= 15 is 0 Å². The molecule has 20 heavy (non-hydrogen) atoms. The van der Waals surface area contributed by atoms with E-state index in [9.17, 15) is 0 Å². The number of fused-ring (bicyclic) bond motifs is 2. The fraction of sp³-hybridized carbons (Fsp3) is 1.00. The summed E-state index contributed by atoms with van der Waals surface area (Å²) in [6.45, 7) is 3.67. The molecule has 0 amide bonds. The van der Waals surface area contributed by atoms with Crippen molar-refractivity contribution in [3.05, 3.63) is 0 Å². The molecule has 118 valence electrons. The maximum Gasteiger partial charge on any atom is 0.0114 e. The minimum atomic E-state index is 0.794. The topological polar surface area (TPSA) is 15.3 Å². The van der Waals surface area contributed by atoms with Crippen LogP contribution in [-0.2, 0) is 0 Å². The molecule has 2 saturated heterocycles. The van der Waals surface area contributed by atoms with Crippen LogP contribution in [0.2, 0.25) is 0 Å². The van der Waals surface area contributed by atoms with Crippen LogP contribution in [0.4, 0.5) is 0 Å². The summed E-state index contributed by atoms with van der Waals surface area (Å²) < 4.78 is 0. The fourth-order valence-corrected chi connectivity index (χ4v) is 4.30. The van der Waals surface area contributed by atoms with Crippen LogP contribution in [0.15, 0.2) is 0 Å². The minimum Gasteiger partial charge on any atom is -0.317 e. The lowest BCUT2D eigenvalue weighted by atomic mass is 9.97. The van der Waals surface area contributed by atoms with Crippen molar-refractivity contribution in [2.24, 2.45) is 0 Å². The zero-order valence-electron chi connectivity index (χ0n) is 13.9. The Morgan fingerprint density at radius 2 is 1.40 bits per heavy atom. The molecule has 0 spiro atoms. The molecule has 0 aliphatic carbocycles. The summed E-state index contributed by atoms with van der Waals surface area (Å²) in [6, 6.07) is 2.59. The molecule has 0 aromatic carbocycles. The maximum absolute atomic E-state index is 3.50. The van der Waals surface area contributed by atoms with Gasteiger partial charge in [-0.1, -0.05) is 51.9 Å². The standard InChI is InChI=1S/C18H36N2/c1-3-4-5-6-7-8-9-10-13-20-17-11-12-18(20)15-16(14-17)19-2/h16-19H,3-15H2,1-2H3. The smallest absolute Gasteiger partial charge is 0.0114 e. The van der Waals surface area contributed by atoms with E-state index in [-0.39, 0.29) is 0 Å². The summed E-state index contributed by atoms with van der Waals surface area (Å²) in [5.74, 6) is 0. The molecule has 2 fully saturated rings. The van der Waals surface area contributed by atoms with Crippen molar-refractivity contribution < 1.29 is 0 Å². The molecule has 2 nitrogen and oxygen atoms in total. The number of unbranched alkanes of at least 4 members (excludes halogenated alkanes) is 7. The first-order chi connectivity index (χ1) is 9.85. The molecule has 0 aromatic heterocycles. The Labute approximate surface area is 126 Å². The summed E-state index contributed by atoms with van der Waals surface area (Å²) in [5.41, 5.74) is 0. The van der Waals surface area contributed by atoms with Crippen LogP contribution in [0.3, 0.4) is 0 Å². The van der Waals surface area contributed by atoms with Gasteiger partial charge in [0.25, 0.3) is 0 Å². The highest BCUT2D eigenvalue weighted by Crippen LogP contribution is 2.35. The zero-order valence-corrected chi connectivity index (χ0v) is 13.9. The van der Waals surface area contributed by atoms with Gasteiger partial charge in [0, 0.05) is 18.1 Å². The zero-order chi connectivity index (χ0) is 14.2. The van der Waals surface area contributed by atoms with E-state index in [1.807, 2.05) is 0 Å². The number of rotatable bonds is 10. The molecule has 2 heteroatoms. The molecule has 2 bridgehead atoms. The van der Waals surface area contributed by atoms with Crippen LogP contribution in [0.5, 0.6) is 0 Å². The van der Waals surface area contributed by atoms with Crippen molar-refractivity contribution in [2.45, 2.75) is 102 Å². The fourth-order valence-electron chi connectivity index (χ4n) is 4.30. The quantitative estimate of drug-likeness (QED) is 0.599. The van der Waals surface area contributed by atoms with Gasteiger partial charge in [-0.25, -0.2) is 0 Å². The average Bonchev–Trinajstić information content (AvgIpc) is 2.71. The number of hydrogen-bond acceptors (Lipinski definition) is 2. The van der Waals surface area contributed by atoms with E-state index in [1.54, 1.807) is 0 Å². The van der Waals surface area contributed by atoms with Gasteiger partial charge in [-0.05, 0) is 45.7 Å². The maximum atomic E-state index is 3.50. The van der Waals surface area contributed by atoms with Crippen molar-refractivity contribution >= 4 is 0 Å². The van der Waals surface area contributed by atoms with Gasteiger partial charge in [0.15, 0.2) is 0 Å². The van der Waals surface area contributed by atoms with E-state index in [0.29, 0.717) is 0 Å². The Hall–Kier alpha value is -0.0800. The molecule has 2 aliphatic rings. The predicted molar refractivity (Wildman–Crippen MR) is 88.2 cm³/mol. The summed E-state index contributed by atoms with van der Waals surface area (Å²) in [4.78, 5) is 2.85. The SMILES string of the molecule is CCCCCCCCCCN1C2CCC1CC(NC)C2. The summed E-state index contributed by atoms with van der Waals surface area (Å²) in [7, 11) is 2.14. The molecule has 0 aromatic rings. The van der Waals surface area contributed by atoms with Crippen molar-refractivity contribution in [3.63, 3.8) is 0 Å². The van der Waals surface area contributed by atoms with E-state index in [0.717, 1.165) is 18.1 Å². The third kappa shape index (κ3) is 4.73. The lowest BCUT2D eigenvalue weighted by molar-refractivity contribution is 0.117. The third-order valence-corrected chi connectivity index (χ3v) is 5.56. The van der Waals surface area contributed by atoms with Gasteiger partial charge in [0.05, 0.1) is 0 Å². The van der Waals surface area contributed by atoms with Crippen molar-refractivity contribution in [1.82, 2.24) is 10.2 Å². The molecule has 2 rings (SSSR count). The molecule has 0 radical (unpaired) electrons. The van der Waals surface area contributed by atoms with E-state index < -0.39 is 0 Å². The number of nitrogens with zero attached hydrogens (tertiary/aromatic N) is 1. The second kappa shape index (κ2) is 9.04. The summed E-state index contributed by atoms with van der Waals surface area (Å²) in [6.07, 6.45) is 17.2. The highest BCUT2D eigenvalue weighted by molar-refractivity contribution is 4.96. The van der Waals surface area contributed by atoms with Gasteiger partial charge in [-0.15, -0.1) is 0 Å². The summed E-state index contributed by atoms with van der Waals surface area (Å²) in [5, 5.41) is 3.50. The third-order valence-electron chi connectivity index (χ3n) is 5.56. The Morgan fingerprint density at radius 3 is 1.95 bits per heavy atom. The Bertz CT molecular complexity index is 240. The molecular weight excluding hydrogens is 244 g/mol. The Kier molecular flexibility index (Phi) is 7.37. The van der Waals surface area contributed by atoms with Crippen LogP contribution in [-0.4, -0.2) is 36.6 Å². The second-order valence-electron chi connectivity index (χ2n) is 7.05. The van der Waals surface area contributed by atoms with Gasteiger partial charge in [-0.2, -0.15) is 0 Å². The molecule has 2 unspecified atom stereocenters. The molecule has 2 heterocycles. The van der Waals surface area contributed by atoms with Gasteiger partial charge in [-0.3, -0.25) is 4.90 Å². The average molecular weight is 281 g/mol. The molecule has 1 N–H and O–H groups in total. The Morgan fingerprint density at radius 1 is 0.850 bits per heavy atom. The monoisotopic (exact) mass is 280 g/mol.